The van der Waals surface area contributed by atoms with Crippen molar-refractivity contribution in [1.82, 2.24) is 0 Å². The second kappa shape index (κ2) is 31.9. The third kappa shape index (κ3) is 29.4. The van der Waals surface area contributed by atoms with Crippen LogP contribution in [0.4, 0.5) is 0 Å². The number of aliphatic carboxylic acids is 1. The minimum Gasteiger partial charge on any atom is -0.481 e. The topological polar surface area (TPSA) is 63.6 Å². The maximum Gasteiger partial charge on any atom is 0.309 e. The van der Waals surface area contributed by atoms with Gasteiger partial charge < -0.3 is 9.84 Å². The van der Waals surface area contributed by atoms with Crippen LogP contribution in [0.5, 0.6) is 0 Å². The van der Waals surface area contributed by atoms with E-state index >= 15 is 0 Å². The van der Waals surface area contributed by atoms with E-state index in [1.165, 1.54) is 147 Å². The van der Waals surface area contributed by atoms with E-state index in [1.807, 2.05) is 0 Å². The monoisotopic (exact) mass is 562 g/mol. The van der Waals surface area contributed by atoms with Gasteiger partial charge in [0.25, 0.3) is 0 Å². The summed E-state index contributed by atoms with van der Waals surface area (Å²) in [5.41, 5.74) is 0. The summed E-state index contributed by atoms with van der Waals surface area (Å²) in [6.07, 6.45) is 40.0. The van der Waals surface area contributed by atoms with E-state index in [4.69, 9.17) is 9.84 Å². The van der Waals surface area contributed by atoms with Crippen LogP contribution < -0.4 is 0 Å². The summed E-state index contributed by atoms with van der Waals surface area (Å²) >= 11 is 0. The van der Waals surface area contributed by atoms with E-state index in [9.17, 15) is 9.59 Å². The Balaban J connectivity index is 3.35. The van der Waals surface area contributed by atoms with Crippen LogP contribution in [0.2, 0.25) is 0 Å². The van der Waals surface area contributed by atoms with Crippen LogP contribution in [0.1, 0.15) is 180 Å². The molecule has 0 saturated heterocycles. The van der Waals surface area contributed by atoms with Crippen LogP contribution in [0, 0.1) is 5.92 Å². The molecule has 0 aromatic heterocycles. The molecule has 0 spiro atoms. The fourth-order valence-corrected chi connectivity index (χ4v) is 5.36. The molecule has 0 aromatic carbocycles. The highest BCUT2D eigenvalue weighted by Crippen LogP contribution is 2.18. The molecule has 234 valence electrons. The average molecular weight is 563 g/mol. The molecule has 4 heteroatoms. The lowest BCUT2D eigenvalue weighted by Gasteiger charge is -2.13. The van der Waals surface area contributed by atoms with Crippen molar-refractivity contribution in [2.75, 3.05) is 6.61 Å². The number of ether oxygens (including phenoxy) is 1. The summed E-state index contributed by atoms with van der Waals surface area (Å²) in [6, 6.07) is 0. The number of carboxylic acids is 1. The minimum atomic E-state index is -0.942. The van der Waals surface area contributed by atoms with Gasteiger partial charge in [-0.1, -0.05) is 167 Å². The Morgan fingerprint density at radius 3 is 1.38 bits per heavy atom. The van der Waals surface area contributed by atoms with Gasteiger partial charge in [-0.2, -0.15) is 0 Å². The van der Waals surface area contributed by atoms with Gasteiger partial charge in [-0.25, -0.2) is 0 Å². The number of hydrogen-bond acceptors (Lipinski definition) is 3. The lowest BCUT2D eigenvalue weighted by Crippen LogP contribution is -2.21. The first-order valence-corrected chi connectivity index (χ1v) is 17.3. The Kier molecular flexibility index (Phi) is 30.7. The van der Waals surface area contributed by atoms with Crippen LogP contribution in [0.25, 0.3) is 0 Å². The van der Waals surface area contributed by atoms with Crippen LogP contribution in [-0.4, -0.2) is 23.7 Å². The van der Waals surface area contributed by atoms with Gasteiger partial charge in [-0.3, -0.25) is 9.59 Å². The molecular formula is C36H66O4. The molecule has 1 N–H and O–H groups in total. The highest BCUT2D eigenvalue weighted by Gasteiger charge is 2.22. The molecule has 0 aliphatic rings. The molecule has 40 heavy (non-hydrogen) atoms. The van der Waals surface area contributed by atoms with Gasteiger partial charge in [0.2, 0.25) is 0 Å². The summed E-state index contributed by atoms with van der Waals surface area (Å²) in [5.74, 6) is -1.89. The van der Waals surface area contributed by atoms with E-state index in [-0.39, 0.29) is 13.0 Å². The number of allylic oxidation sites excluding steroid dienone is 2. The van der Waals surface area contributed by atoms with E-state index in [1.54, 1.807) is 0 Å². The zero-order valence-corrected chi connectivity index (χ0v) is 26.5. The lowest BCUT2D eigenvalue weighted by atomic mass is 9.97. The van der Waals surface area contributed by atoms with Crippen molar-refractivity contribution < 1.29 is 19.4 Å². The van der Waals surface area contributed by atoms with E-state index in [0.717, 1.165) is 19.3 Å². The Labute approximate surface area is 248 Å². The molecular weight excluding hydrogens is 496 g/mol. The first-order valence-electron chi connectivity index (χ1n) is 17.3. The molecule has 1 unspecified atom stereocenters. The van der Waals surface area contributed by atoms with Crippen molar-refractivity contribution in [2.24, 2.45) is 5.92 Å². The maximum absolute atomic E-state index is 12.0. The van der Waals surface area contributed by atoms with Gasteiger partial charge >= 0.3 is 11.9 Å². The smallest absolute Gasteiger partial charge is 0.309 e. The van der Waals surface area contributed by atoms with Crippen molar-refractivity contribution in [2.45, 2.75) is 180 Å². The summed E-state index contributed by atoms with van der Waals surface area (Å²) in [4.78, 5) is 23.0. The highest BCUT2D eigenvalue weighted by molar-refractivity contribution is 5.79. The number of carbonyl (C=O) groups excluding carboxylic acids is 1. The number of rotatable bonds is 32. The molecule has 4 nitrogen and oxygen atoms in total. The van der Waals surface area contributed by atoms with Gasteiger partial charge in [0.05, 0.1) is 12.3 Å². The Morgan fingerprint density at radius 2 is 1.00 bits per heavy atom. The first-order chi connectivity index (χ1) is 19.6. The quantitative estimate of drug-likeness (QED) is 0.0503. The second-order valence-corrected chi connectivity index (χ2v) is 11.8. The molecule has 0 fully saturated rings. The summed E-state index contributed by atoms with van der Waals surface area (Å²) in [5, 5.41) is 9.03. The molecule has 1 atom stereocenters. The zero-order chi connectivity index (χ0) is 29.4. The molecule has 0 radical (unpaired) electrons. The standard InChI is InChI=1S/C36H66O4/c1-3-5-6-7-8-9-10-11-12-13-14-15-16-17-18-19-20-21-22-23-24-25-26-27-28-29-30-31-34(33-35(37)38)36(39)40-32-4-2/h4,16-17,34H,2-3,5-15,18-33H2,1H3,(H,37,38)/b17-16+. The van der Waals surface area contributed by atoms with Crippen molar-refractivity contribution >= 4 is 11.9 Å². The molecule has 0 heterocycles. The normalized spacial score (nSPS) is 12.1. The summed E-state index contributed by atoms with van der Waals surface area (Å²) < 4.78 is 5.04. The molecule has 0 aliphatic heterocycles. The van der Waals surface area contributed by atoms with Gasteiger partial charge in [0.15, 0.2) is 0 Å². The SMILES string of the molecule is C=CCOC(=O)C(CCCCCCCCCCCCCC/C=C/CCCCCCCCCCCCC)CC(=O)O. The predicted molar refractivity (Wildman–Crippen MR) is 172 cm³/mol. The summed E-state index contributed by atoms with van der Waals surface area (Å²) in [6.45, 7) is 5.96. The fourth-order valence-electron chi connectivity index (χ4n) is 5.36. The van der Waals surface area contributed by atoms with Crippen molar-refractivity contribution in [3.63, 3.8) is 0 Å². The van der Waals surface area contributed by atoms with Crippen molar-refractivity contribution in [1.29, 1.82) is 0 Å². The van der Waals surface area contributed by atoms with Gasteiger partial charge in [-0.05, 0) is 32.1 Å². The second-order valence-electron chi connectivity index (χ2n) is 11.8. The maximum atomic E-state index is 12.0. The van der Waals surface area contributed by atoms with Gasteiger partial charge in [0, 0.05) is 0 Å². The van der Waals surface area contributed by atoms with Crippen LogP contribution in [-0.2, 0) is 14.3 Å². The minimum absolute atomic E-state index is 0.145. The van der Waals surface area contributed by atoms with Gasteiger partial charge in [0.1, 0.15) is 6.61 Å². The number of carboxylic acid groups (broad SMARTS) is 1. The Bertz CT molecular complexity index is 598. The lowest BCUT2D eigenvalue weighted by molar-refractivity contribution is -0.152. The molecule has 0 bridgehead atoms. The van der Waals surface area contributed by atoms with E-state index < -0.39 is 17.9 Å². The highest BCUT2D eigenvalue weighted by atomic mass is 16.5. The number of hydrogen-bond donors (Lipinski definition) is 1. The number of unbranched alkanes of at least 4 members (excludes halogenated alkanes) is 23. The molecule has 0 rings (SSSR count). The van der Waals surface area contributed by atoms with E-state index in [0.29, 0.717) is 6.42 Å². The van der Waals surface area contributed by atoms with Gasteiger partial charge in [-0.15, -0.1) is 0 Å². The molecule has 0 aromatic rings. The fraction of sp³-hybridized carbons (Fsp3) is 0.833. The average Bonchev–Trinajstić information content (AvgIpc) is 2.94. The zero-order valence-electron chi connectivity index (χ0n) is 26.5. The third-order valence-electron chi connectivity index (χ3n) is 7.91. The Hall–Kier alpha value is -1.58. The Morgan fingerprint density at radius 1 is 0.625 bits per heavy atom. The van der Waals surface area contributed by atoms with Crippen LogP contribution in [0.15, 0.2) is 24.8 Å². The van der Waals surface area contributed by atoms with E-state index in [2.05, 4.69) is 25.7 Å². The third-order valence-corrected chi connectivity index (χ3v) is 7.91. The number of carbonyl (C=O) groups is 2. The van der Waals surface area contributed by atoms with Crippen molar-refractivity contribution in [3.8, 4) is 0 Å². The van der Waals surface area contributed by atoms with Crippen LogP contribution in [0.3, 0.4) is 0 Å². The largest absolute Gasteiger partial charge is 0.481 e. The molecule has 0 saturated carbocycles. The van der Waals surface area contributed by atoms with Crippen molar-refractivity contribution in [3.05, 3.63) is 24.8 Å². The molecule has 0 aliphatic carbocycles. The predicted octanol–water partition coefficient (Wildman–Crippen LogP) is 11.5. The first kappa shape index (κ1) is 38.4. The number of esters is 1. The van der Waals surface area contributed by atoms with Crippen LogP contribution >= 0.6 is 0 Å². The molecule has 0 amide bonds. The summed E-state index contributed by atoms with van der Waals surface area (Å²) in [7, 11) is 0.